The van der Waals surface area contributed by atoms with Crippen molar-refractivity contribution in [2.45, 2.75) is 26.2 Å². The zero-order valence-electron chi connectivity index (χ0n) is 13.8. The molecule has 4 rings (SSSR count). The van der Waals surface area contributed by atoms with Gasteiger partial charge in [0.2, 0.25) is 5.78 Å². The van der Waals surface area contributed by atoms with E-state index < -0.39 is 17.7 Å². The van der Waals surface area contributed by atoms with Crippen LogP contribution in [0.25, 0.3) is 0 Å². The van der Waals surface area contributed by atoms with Gasteiger partial charge in [-0.1, -0.05) is 18.2 Å². The zero-order valence-corrected chi connectivity index (χ0v) is 13.8. The number of allylic oxidation sites excluding steroid dienone is 2. The number of fused-ring (bicyclic) bond motifs is 3. The van der Waals surface area contributed by atoms with E-state index in [1.54, 1.807) is 44.2 Å². The summed E-state index contributed by atoms with van der Waals surface area (Å²) in [5.41, 5.74) is 2.10. The van der Waals surface area contributed by atoms with Crippen molar-refractivity contribution in [1.82, 2.24) is 0 Å². The summed E-state index contributed by atoms with van der Waals surface area (Å²) in [5, 5.41) is 0. The highest BCUT2D eigenvalue weighted by molar-refractivity contribution is 6.13. The van der Waals surface area contributed by atoms with Crippen molar-refractivity contribution < 1.29 is 23.5 Å². The molecule has 2 aromatic rings. The largest absolute Gasteiger partial charge is 0.452 e. The Kier molecular flexibility index (Phi) is 3.46. The molecule has 0 aromatic heterocycles. The van der Waals surface area contributed by atoms with Crippen LogP contribution in [0.4, 0.5) is 4.39 Å². The van der Waals surface area contributed by atoms with Gasteiger partial charge >= 0.3 is 5.97 Å². The number of esters is 1. The Labute approximate surface area is 143 Å². The summed E-state index contributed by atoms with van der Waals surface area (Å²) in [6, 6.07) is 9.47. The van der Waals surface area contributed by atoms with Gasteiger partial charge in [0.15, 0.2) is 5.76 Å². The van der Waals surface area contributed by atoms with Crippen molar-refractivity contribution in [3.63, 3.8) is 0 Å². The number of hydrogen-bond acceptors (Lipinski definition) is 4. The molecule has 0 saturated carbocycles. The van der Waals surface area contributed by atoms with E-state index in [1.807, 2.05) is 0 Å². The maximum atomic E-state index is 14.4. The summed E-state index contributed by atoms with van der Waals surface area (Å²) >= 11 is 0. The van der Waals surface area contributed by atoms with Crippen molar-refractivity contribution in [3.8, 4) is 11.5 Å². The summed E-state index contributed by atoms with van der Waals surface area (Å²) in [4.78, 5) is 24.5. The van der Waals surface area contributed by atoms with Gasteiger partial charge in [-0.05, 0) is 43.2 Å². The lowest BCUT2D eigenvalue weighted by Crippen LogP contribution is -2.22. The normalized spacial score (nSPS) is 18.4. The van der Waals surface area contributed by atoms with Gasteiger partial charge in [-0.15, -0.1) is 0 Å². The van der Waals surface area contributed by atoms with Crippen LogP contribution in [0, 0.1) is 5.82 Å². The first-order valence-corrected chi connectivity index (χ1v) is 7.99. The topological polar surface area (TPSA) is 52.6 Å². The van der Waals surface area contributed by atoms with Crippen molar-refractivity contribution in [2.75, 3.05) is 0 Å². The number of Topliss-reactive ketones (excluding diaryl/α,β-unsaturated/α-hetero) is 1. The van der Waals surface area contributed by atoms with Crippen LogP contribution in [0.3, 0.4) is 0 Å². The molecule has 25 heavy (non-hydrogen) atoms. The first kappa shape index (κ1) is 15.6. The minimum absolute atomic E-state index is 0.00785. The van der Waals surface area contributed by atoms with E-state index in [0.29, 0.717) is 28.2 Å². The second-order valence-electron chi connectivity index (χ2n) is 6.37. The maximum absolute atomic E-state index is 14.4. The van der Waals surface area contributed by atoms with Crippen molar-refractivity contribution >= 4 is 11.8 Å². The van der Waals surface area contributed by atoms with Crippen LogP contribution in [-0.2, 0) is 4.79 Å². The molecule has 1 atom stereocenters. The van der Waals surface area contributed by atoms with Gasteiger partial charge in [0.25, 0.3) is 0 Å². The zero-order chi connectivity index (χ0) is 17.7. The Hall–Kier alpha value is -2.95. The molecule has 126 valence electrons. The number of rotatable bonds is 1. The number of ether oxygens (including phenoxy) is 2. The summed E-state index contributed by atoms with van der Waals surface area (Å²) in [5.74, 6) is -0.665. The van der Waals surface area contributed by atoms with E-state index >= 15 is 0 Å². The highest BCUT2D eigenvalue weighted by Crippen LogP contribution is 2.49. The average molecular weight is 338 g/mol. The van der Waals surface area contributed by atoms with Crippen LogP contribution in [0.1, 0.15) is 47.7 Å². The first-order valence-electron chi connectivity index (χ1n) is 7.99. The molecule has 0 spiro atoms. The standard InChI is InChI=1S/C20H15FO4/c1-10(2)19-18(23)12-7-8-15-17(20(12)25-19)13(9-16(22)24-15)11-5-3-4-6-14(11)21/h3-8,13H,9H2,1-2H3/t13-/m0/s1. The summed E-state index contributed by atoms with van der Waals surface area (Å²) in [6.45, 7) is 3.58. The summed E-state index contributed by atoms with van der Waals surface area (Å²) in [7, 11) is 0. The number of halogens is 1. The molecule has 4 nitrogen and oxygen atoms in total. The van der Waals surface area contributed by atoms with E-state index in [2.05, 4.69) is 0 Å². The quantitative estimate of drug-likeness (QED) is 0.446. The number of carbonyl (C=O) groups excluding carboxylic acids is 2. The third-order valence-corrected chi connectivity index (χ3v) is 4.49. The van der Waals surface area contributed by atoms with Crippen molar-refractivity contribution in [3.05, 3.63) is 70.2 Å². The summed E-state index contributed by atoms with van der Waals surface area (Å²) in [6.07, 6.45) is -0.00785. The van der Waals surface area contributed by atoms with Gasteiger partial charge in [0, 0.05) is 11.5 Å². The Balaban J connectivity index is 1.95. The Morgan fingerprint density at radius 3 is 2.56 bits per heavy atom. The van der Waals surface area contributed by atoms with Crippen LogP contribution >= 0.6 is 0 Å². The van der Waals surface area contributed by atoms with E-state index in [9.17, 15) is 14.0 Å². The van der Waals surface area contributed by atoms with Gasteiger partial charge in [-0.3, -0.25) is 9.59 Å². The van der Waals surface area contributed by atoms with Crippen LogP contribution in [-0.4, -0.2) is 11.8 Å². The minimum atomic E-state index is -0.559. The molecule has 0 amide bonds. The number of ketones is 1. The first-order chi connectivity index (χ1) is 12.0. The molecule has 0 bridgehead atoms. The molecule has 2 aliphatic heterocycles. The Morgan fingerprint density at radius 2 is 1.84 bits per heavy atom. The van der Waals surface area contributed by atoms with E-state index in [1.165, 1.54) is 6.07 Å². The van der Waals surface area contributed by atoms with Gasteiger partial charge in [-0.2, -0.15) is 0 Å². The van der Waals surface area contributed by atoms with Crippen molar-refractivity contribution in [1.29, 1.82) is 0 Å². The third-order valence-electron chi connectivity index (χ3n) is 4.49. The Morgan fingerprint density at radius 1 is 1.08 bits per heavy atom. The summed E-state index contributed by atoms with van der Waals surface area (Å²) < 4.78 is 25.5. The fraction of sp³-hybridized carbons (Fsp3) is 0.200. The minimum Gasteiger partial charge on any atom is -0.452 e. The molecule has 2 aromatic carbocycles. The fourth-order valence-corrected chi connectivity index (χ4v) is 3.35. The molecule has 0 unspecified atom stereocenters. The predicted octanol–water partition coefficient (Wildman–Crippen LogP) is 4.14. The molecular formula is C20H15FO4. The van der Waals surface area contributed by atoms with E-state index in [4.69, 9.17) is 9.47 Å². The number of carbonyl (C=O) groups is 2. The van der Waals surface area contributed by atoms with Crippen LogP contribution in [0.2, 0.25) is 0 Å². The van der Waals surface area contributed by atoms with Crippen LogP contribution in [0.15, 0.2) is 47.7 Å². The highest BCUT2D eigenvalue weighted by atomic mass is 19.1. The van der Waals surface area contributed by atoms with Gasteiger partial charge in [0.05, 0.1) is 12.0 Å². The van der Waals surface area contributed by atoms with E-state index in [-0.39, 0.29) is 18.0 Å². The molecule has 2 aliphatic rings. The lowest BCUT2D eigenvalue weighted by Gasteiger charge is -2.26. The molecule has 2 heterocycles. The van der Waals surface area contributed by atoms with Gasteiger partial charge in [0.1, 0.15) is 17.3 Å². The number of benzene rings is 2. The smallest absolute Gasteiger partial charge is 0.312 e. The molecular weight excluding hydrogens is 323 g/mol. The highest BCUT2D eigenvalue weighted by Gasteiger charge is 2.39. The molecule has 0 saturated heterocycles. The molecule has 0 N–H and O–H groups in total. The second kappa shape index (κ2) is 5.55. The predicted molar refractivity (Wildman–Crippen MR) is 88.3 cm³/mol. The monoisotopic (exact) mass is 338 g/mol. The molecule has 0 radical (unpaired) electrons. The van der Waals surface area contributed by atoms with Gasteiger partial charge < -0.3 is 9.47 Å². The lowest BCUT2D eigenvalue weighted by molar-refractivity contribution is -0.135. The van der Waals surface area contributed by atoms with Crippen molar-refractivity contribution in [2.24, 2.45) is 0 Å². The van der Waals surface area contributed by atoms with Crippen LogP contribution in [0.5, 0.6) is 11.5 Å². The average Bonchev–Trinajstić information content (AvgIpc) is 2.91. The lowest BCUT2D eigenvalue weighted by atomic mass is 9.84. The third kappa shape index (κ3) is 2.35. The molecule has 0 fully saturated rings. The molecule has 5 heteroatoms. The molecule has 0 aliphatic carbocycles. The SMILES string of the molecule is CC(C)=C1Oc2c(ccc3c2[C@H](c2ccccc2F)CC(=O)O3)C1=O. The fourth-order valence-electron chi connectivity index (χ4n) is 3.35. The van der Waals surface area contributed by atoms with Gasteiger partial charge in [-0.25, -0.2) is 4.39 Å². The Bertz CT molecular complexity index is 954. The second-order valence-corrected chi connectivity index (χ2v) is 6.37. The number of hydrogen-bond donors (Lipinski definition) is 0. The van der Waals surface area contributed by atoms with Crippen LogP contribution < -0.4 is 9.47 Å². The van der Waals surface area contributed by atoms with E-state index in [0.717, 1.165) is 5.57 Å². The maximum Gasteiger partial charge on any atom is 0.312 e.